The van der Waals surface area contributed by atoms with Crippen LogP contribution in [0.2, 0.25) is 5.02 Å². The molecule has 126 valence electrons. The van der Waals surface area contributed by atoms with E-state index in [1.54, 1.807) is 37.3 Å². The molecule has 2 aromatic rings. The van der Waals surface area contributed by atoms with Crippen LogP contribution in [0.15, 0.2) is 34.9 Å². The Morgan fingerprint density at radius 2 is 1.96 bits per heavy atom. The Bertz CT molecular complexity index is 757. The zero-order chi connectivity index (χ0) is 17.5. The third-order valence-corrected chi connectivity index (χ3v) is 3.30. The summed E-state index contributed by atoms with van der Waals surface area (Å²) < 4.78 is 4.81. The second-order valence-electron chi connectivity index (χ2n) is 5.08. The summed E-state index contributed by atoms with van der Waals surface area (Å²) in [5.41, 5.74) is 0.453. The van der Waals surface area contributed by atoms with Crippen molar-refractivity contribution in [3.05, 3.63) is 46.7 Å². The van der Waals surface area contributed by atoms with E-state index < -0.39 is 11.8 Å². The monoisotopic (exact) mass is 349 g/mol. The minimum atomic E-state index is -0.433. The van der Waals surface area contributed by atoms with Gasteiger partial charge in [0.05, 0.1) is 6.54 Å². The summed E-state index contributed by atoms with van der Waals surface area (Å²) >= 11 is 5.82. The van der Waals surface area contributed by atoms with E-state index >= 15 is 0 Å². The Hall–Kier alpha value is -2.67. The Morgan fingerprint density at radius 3 is 2.62 bits per heavy atom. The lowest BCUT2D eigenvalue weighted by Gasteiger charge is -2.05. The van der Waals surface area contributed by atoms with Crippen LogP contribution >= 0.6 is 11.6 Å². The largest absolute Gasteiger partial charge is 0.360 e. The summed E-state index contributed by atoms with van der Waals surface area (Å²) in [6.07, 6.45) is 0.0258. The predicted octanol–water partition coefficient (Wildman–Crippen LogP) is 2.35. The van der Waals surface area contributed by atoms with Gasteiger partial charge in [-0.25, -0.2) is 0 Å². The van der Waals surface area contributed by atoms with Crippen LogP contribution in [0.25, 0.3) is 0 Å². The Morgan fingerprint density at radius 1 is 1.17 bits per heavy atom. The molecule has 0 atom stereocenters. The van der Waals surface area contributed by atoms with Crippen LogP contribution in [-0.2, 0) is 9.59 Å². The molecule has 1 aromatic carbocycles. The number of halogens is 1. The van der Waals surface area contributed by atoms with Crippen molar-refractivity contribution in [3.8, 4) is 0 Å². The molecule has 0 bridgehead atoms. The molecule has 0 spiro atoms. The standard InChI is InChI=1S/C16H16ClN3O4/c1-10-7-14(20-24-10)19-16(23)9-18-15(22)6-5-13(21)11-3-2-4-12(17)8-11/h2-4,7-8H,5-6,9H2,1H3,(H,18,22)(H,19,20,23). The molecule has 0 aliphatic heterocycles. The van der Waals surface area contributed by atoms with E-state index in [0.29, 0.717) is 16.3 Å². The summed E-state index contributed by atoms with van der Waals surface area (Å²) in [5, 5.41) is 8.99. The van der Waals surface area contributed by atoms with Crippen LogP contribution < -0.4 is 10.6 Å². The maximum atomic E-state index is 11.9. The third-order valence-electron chi connectivity index (χ3n) is 3.07. The molecule has 0 radical (unpaired) electrons. The quantitative estimate of drug-likeness (QED) is 0.747. The molecule has 2 N–H and O–H groups in total. The number of nitrogens with zero attached hydrogens (tertiary/aromatic N) is 1. The first-order valence-corrected chi connectivity index (χ1v) is 7.60. The smallest absolute Gasteiger partial charge is 0.245 e. The number of anilines is 1. The van der Waals surface area contributed by atoms with E-state index in [9.17, 15) is 14.4 Å². The van der Waals surface area contributed by atoms with Gasteiger partial charge in [0.25, 0.3) is 0 Å². The number of aryl methyl sites for hydroxylation is 1. The average molecular weight is 350 g/mol. The molecule has 0 saturated carbocycles. The number of nitrogens with one attached hydrogen (secondary N) is 2. The van der Waals surface area contributed by atoms with E-state index in [-0.39, 0.29) is 31.0 Å². The third kappa shape index (κ3) is 5.51. The Labute approximate surface area is 143 Å². The van der Waals surface area contributed by atoms with Crippen molar-refractivity contribution >= 4 is 35.0 Å². The molecule has 1 heterocycles. The molecule has 1 aromatic heterocycles. The van der Waals surface area contributed by atoms with Crippen molar-refractivity contribution in [3.63, 3.8) is 0 Å². The number of carbonyl (C=O) groups is 3. The molecule has 7 nitrogen and oxygen atoms in total. The topological polar surface area (TPSA) is 101 Å². The average Bonchev–Trinajstić information content (AvgIpc) is 2.95. The van der Waals surface area contributed by atoms with E-state index in [4.69, 9.17) is 16.1 Å². The van der Waals surface area contributed by atoms with E-state index in [1.807, 2.05) is 0 Å². The molecule has 0 aliphatic carbocycles. The van der Waals surface area contributed by atoms with E-state index in [2.05, 4.69) is 15.8 Å². The van der Waals surface area contributed by atoms with Gasteiger partial charge in [-0.05, 0) is 19.1 Å². The number of amides is 2. The molecule has 8 heteroatoms. The van der Waals surface area contributed by atoms with Gasteiger partial charge < -0.3 is 15.2 Å². The molecule has 24 heavy (non-hydrogen) atoms. The number of benzene rings is 1. The normalized spacial score (nSPS) is 10.2. The number of ketones is 1. The zero-order valence-corrected chi connectivity index (χ0v) is 13.7. The van der Waals surface area contributed by atoms with Gasteiger partial charge in [0.1, 0.15) is 5.76 Å². The molecule has 2 amide bonds. The lowest BCUT2D eigenvalue weighted by Crippen LogP contribution is -2.33. The Kier molecular flexibility index (Phi) is 6.08. The van der Waals surface area contributed by atoms with Gasteiger partial charge in [0, 0.05) is 29.5 Å². The van der Waals surface area contributed by atoms with Crippen LogP contribution in [0.1, 0.15) is 29.0 Å². The molecule has 2 rings (SSSR count). The number of aromatic nitrogens is 1. The highest BCUT2D eigenvalue weighted by atomic mass is 35.5. The van der Waals surface area contributed by atoms with Gasteiger partial charge >= 0.3 is 0 Å². The van der Waals surface area contributed by atoms with Crippen molar-refractivity contribution in [1.29, 1.82) is 0 Å². The maximum absolute atomic E-state index is 11.9. The highest BCUT2D eigenvalue weighted by Crippen LogP contribution is 2.13. The number of hydrogen-bond donors (Lipinski definition) is 2. The van der Waals surface area contributed by atoms with Crippen molar-refractivity contribution in [2.24, 2.45) is 0 Å². The number of hydrogen-bond acceptors (Lipinski definition) is 5. The number of rotatable bonds is 7. The molecule has 0 aliphatic rings. The van der Waals surface area contributed by atoms with Crippen LogP contribution in [0.4, 0.5) is 5.82 Å². The summed E-state index contributed by atoms with van der Waals surface area (Å²) in [6.45, 7) is 1.48. The SMILES string of the molecule is Cc1cc(NC(=O)CNC(=O)CCC(=O)c2cccc(Cl)c2)no1. The minimum absolute atomic E-state index is 0.0122. The fraction of sp³-hybridized carbons (Fsp3) is 0.250. The van der Waals surface area contributed by atoms with Crippen LogP contribution in [0.3, 0.4) is 0 Å². The fourth-order valence-electron chi connectivity index (χ4n) is 1.91. The molecule has 0 fully saturated rings. The van der Waals surface area contributed by atoms with Gasteiger partial charge in [-0.3, -0.25) is 14.4 Å². The van der Waals surface area contributed by atoms with E-state index in [0.717, 1.165) is 0 Å². The summed E-state index contributed by atoms with van der Waals surface area (Å²) in [5.74, 6) is -0.165. The van der Waals surface area contributed by atoms with Crippen molar-refractivity contribution in [2.45, 2.75) is 19.8 Å². The van der Waals surface area contributed by atoms with Crippen molar-refractivity contribution in [2.75, 3.05) is 11.9 Å². The predicted molar refractivity (Wildman–Crippen MR) is 87.9 cm³/mol. The molecule has 0 unspecified atom stereocenters. The van der Waals surface area contributed by atoms with Gasteiger partial charge in [-0.2, -0.15) is 0 Å². The molecule has 0 saturated heterocycles. The minimum Gasteiger partial charge on any atom is -0.360 e. The second kappa shape index (κ2) is 8.26. The van der Waals surface area contributed by atoms with Crippen LogP contribution in [-0.4, -0.2) is 29.3 Å². The molecular weight excluding hydrogens is 334 g/mol. The van der Waals surface area contributed by atoms with Crippen LogP contribution in [0, 0.1) is 6.92 Å². The first-order chi connectivity index (χ1) is 11.4. The van der Waals surface area contributed by atoms with Gasteiger partial charge in [0.2, 0.25) is 11.8 Å². The first-order valence-electron chi connectivity index (χ1n) is 7.22. The maximum Gasteiger partial charge on any atom is 0.245 e. The second-order valence-corrected chi connectivity index (χ2v) is 5.52. The summed E-state index contributed by atoms with van der Waals surface area (Å²) in [6, 6.07) is 8.09. The lowest BCUT2D eigenvalue weighted by atomic mass is 10.1. The van der Waals surface area contributed by atoms with Crippen molar-refractivity contribution in [1.82, 2.24) is 10.5 Å². The lowest BCUT2D eigenvalue weighted by molar-refractivity contribution is -0.124. The van der Waals surface area contributed by atoms with Crippen LogP contribution in [0.5, 0.6) is 0 Å². The fourth-order valence-corrected chi connectivity index (χ4v) is 2.10. The number of carbonyl (C=O) groups excluding carboxylic acids is 3. The first kappa shape index (κ1) is 17.7. The number of Topliss-reactive ketones (excluding diaryl/α,β-unsaturated/α-hetero) is 1. The highest BCUT2D eigenvalue weighted by molar-refractivity contribution is 6.31. The van der Waals surface area contributed by atoms with Gasteiger partial charge in [0.15, 0.2) is 11.6 Å². The van der Waals surface area contributed by atoms with Crippen molar-refractivity contribution < 1.29 is 18.9 Å². The molecular formula is C16H16ClN3O4. The highest BCUT2D eigenvalue weighted by Gasteiger charge is 2.11. The zero-order valence-electron chi connectivity index (χ0n) is 13.0. The summed E-state index contributed by atoms with van der Waals surface area (Å²) in [7, 11) is 0. The van der Waals surface area contributed by atoms with E-state index in [1.165, 1.54) is 0 Å². The van der Waals surface area contributed by atoms with Gasteiger partial charge in [-0.1, -0.05) is 28.9 Å². The van der Waals surface area contributed by atoms with Gasteiger partial charge in [-0.15, -0.1) is 0 Å². The summed E-state index contributed by atoms with van der Waals surface area (Å²) in [4.78, 5) is 35.3. The Balaban J connectivity index is 1.71.